The van der Waals surface area contributed by atoms with E-state index in [4.69, 9.17) is 15.2 Å². The lowest BCUT2D eigenvalue weighted by Crippen LogP contribution is -2.33. The summed E-state index contributed by atoms with van der Waals surface area (Å²) in [6.45, 7) is 1.99. The minimum atomic E-state index is 0.0775. The van der Waals surface area contributed by atoms with Gasteiger partial charge in [0.05, 0.1) is 19.3 Å². The van der Waals surface area contributed by atoms with Crippen molar-refractivity contribution in [2.45, 2.75) is 25.2 Å². The zero-order valence-electron chi connectivity index (χ0n) is 8.76. The van der Waals surface area contributed by atoms with Crippen molar-refractivity contribution in [2.24, 2.45) is 5.73 Å². The number of benzene rings is 1. The third-order valence-corrected chi connectivity index (χ3v) is 2.65. The Hall–Kier alpha value is -0.900. The first-order valence-corrected chi connectivity index (χ1v) is 5.35. The van der Waals surface area contributed by atoms with Crippen LogP contribution >= 0.6 is 0 Å². The summed E-state index contributed by atoms with van der Waals surface area (Å²) in [5.74, 6) is 0. The van der Waals surface area contributed by atoms with Gasteiger partial charge < -0.3 is 15.2 Å². The summed E-state index contributed by atoms with van der Waals surface area (Å²) in [7, 11) is 0. The molecule has 2 rings (SSSR count). The average molecular weight is 207 g/mol. The summed E-state index contributed by atoms with van der Waals surface area (Å²) >= 11 is 0. The zero-order chi connectivity index (χ0) is 10.5. The van der Waals surface area contributed by atoms with Crippen LogP contribution in [0.1, 0.15) is 12.0 Å². The third kappa shape index (κ3) is 3.02. The summed E-state index contributed by atoms with van der Waals surface area (Å²) in [4.78, 5) is 0. The van der Waals surface area contributed by atoms with Crippen LogP contribution in [0.4, 0.5) is 0 Å². The molecule has 1 aliphatic rings. The molecule has 2 atom stereocenters. The highest BCUT2D eigenvalue weighted by molar-refractivity contribution is 5.13. The molecule has 0 aromatic heterocycles. The van der Waals surface area contributed by atoms with Gasteiger partial charge in [-0.25, -0.2) is 0 Å². The van der Waals surface area contributed by atoms with Gasteiger partial charge in [-0.2, -0.15) is 0 Å². The Morgan fingerprint density at radius 1 is 1.33 bits per heavy atom. The van der Waals surface area contributed by atoms with Gasteiger partial charge in [0.2, 0.25) is 0 Å². The Labute approximate surface area is 90.2 Å². The second kappa shape index (κ2) is 5.26. The Morgan fingerprint density at radius 3 is 2.80 bits per heavy atom. The number of hydrogen-bond acceptors (Lipinski definition) is 3. The van der Waals surface area contributed by atoms with Crippen LogP contribution in [0, 0.1) is 0 Å². The van der Waals surface area contributed by atoms with Gasteiger partial charge in [-0.15, -0.1) is 0 Å². The Balaban J connectivity index is 1.71. The van der Waals surface area contributed by atoms with Crippen molar-refractivity contribution in [3.05, 3.63) is 35.9 Å². The number of ether oxygens (including phenoxy) is 2. The normalized spacial score (nSPS) is 25.7. The van der Waals surface area contributed by atoms with E-state index in [0.29, 0.717) is 13.2 Å². The van der Waals surface area contributed by atoms with Gasteiger partial charge in [0.15, 0.2) is 0 Å². The zero-order valence-corrected chi connectivity index (χ0v) is 8.76. The van der Waals surface area contributed by atoms with Crippen LogP contribution < -0.4 is 5.73 Å². The Morgan fingerprint density at radius 2 is 2.13 bits per heavy atom. The molecule has 0 bridgehead atoms. The van der Waals surface area contributed by atoms with Crippen LogP contribution in [-0.2, 0) is 16.1 Å². The lowest BCUT2D eigenvalue weighted by molar-refractivity contribution is 0.00579. The van der Waals surface area contributed by atoms with Gasteiger partial charge in [-0.1, -0.05) is 30.3 Å². The molecule has 0 aliphatic carbocycles. The van der Waals surface area contributed by atoms with Gasteiger partial charge >= 0.3 is 0 Å². The van der Waals surface area contributed by atoms with Crippen molar-refractivity contribution in [3.8, 4) is 0 Å². The quantitative estimate of drug-likeness (QED) is 0.809. The molecule has 1 heterocycles. The number of nitrogens with two attached hydrogens (primary N) is 1. The van der Waals surface area contributed by atoms with Crippen molar-refractivity contribution < 1.29 is 9.47 Å². The summed E-state index contributed by atoms with van der Waals surface area (Å²) in [6, 6.07) is 10.3. The first-order chi connectivity index (χ1) is 7.36. The molecular formula is C12H17NO2. The van der Waals surface area contributed by atoms with Crippen LogP contribution in [0.25, 0.3) is 0 Å². The summed E-state index contributed by atoms with van der Waals surface area (Å²) in [5, 5.41) is 0. The molecule has 0 spiro atoms. The van der Waals surface area contributed by atoms with Crippen LogP contribution in [0.2, 0.25) is 0 Å². The second-order valence-electron chi connectivity index (χ2n) is 3.86. The highest BCUT2D eigenvalue weighted by atomic mass is 16.5. The predicted molar refractivity (Wildman–Crippen MR) is 58.4 cm³/mol. The molecule has 0 saturated carbocycles. The molecule has 3 nitrogen and oxygen atoms in total. The standard InChI is InChI=1S/C12H17NO2/c13-11-6-7-15-12(11)9-14-8-10-4-2-1-3-5-10/h1-5,11-12H,6-9,13H2/t11-,12+/m0/s1. The molecule has 1 aromatic rings. The van der Waals surface area contributed by atoms with Gasteiger partial charge in [0, 0.05) is 12.6 Å². The van der Waals surface area contributed by atoms with E-state index >= 15 is 0 Å². The number of rotatable bonds is 4. The SMILES string of the molecule is N[C@H]1CCO[C@@H]1COCc1ccccc1. The molecule has 1 saturated heterocycles. The molecule has 0 unspecified atom stereocenters. The molecule has 0 radical (unpaired) electrons. The Bertz CT molecular complexity index is 289. The van der Waals surface area contributed by atoms with E-state index in [1.54, 1.807) is 0 Å². The molecule has 1 aliphatic heterocycles. The topological polar surface area (TPSA) is 44.5 Å². The fourth-order valence-corrected chi connectivity index (χ4v) is 1.70. The van der Waals surface area contributed by atoms with E-state index < -0.39 is 0 Å². The minimum absolute atomic E-state index is 0.0775. The van der Waals surface area contributed by atoms with Crippen LogP contribution in [0.5, 0.6) is 0 Å². The maximum Gasteiger partial charge on any atom is 0.0959 e. The largest absolute Gasteiger partial charge is 0.374 e. The van der Waals surface area contributed by atoms with Crippen molar-refractivity contribution in [2.75, 3.05) is 13.2 Å². The fourth-order valence-electron chi connectivity index (χ4n) is 1.70. The first kappa shape index (κ1) is 10.6. The highest BCUT2D eigenvalue weighted by Crippen LogP contribution is 2.12. The molecule has 2 N–H and O–H groups in total. The third-order valence-electron chi connectivity index (χ3n) is 2.65. The maximum absolute atomic E-state index is 5.85. The van der Waals surface area contributed by atoms with Gasteiger partial charge in [0.25, 0.3) is 0 Å². The second-order valence-corrected chi connectivity index (χ2v) is 3.86. The molecule has 1 aromatic carbocycles. The first-order valence-electron chi connectivity index (χ1n) is 5.35. The maximum atomic E-state index is 5.85. The van der Waals surface area contributed by atoms with Crippen LogP contribution in [0.15, 0.2) is 30.3 Å². The molecular weight excluding hydrogens is 190 g/mol. The van der Waals surface area contributed by atoms with Gasteiger partial charge in [0.1, 0.15) is 0 Å². The van der Waals surface area contributed by atoms with Crippen molar-refractivity contribution in [1.29, 1.82) is 0 Å². The summed E-state index contributed by atoms with van der Waals surface area (Å²) < 4.78 is 11.0. The van der Waals surface area contributed by atoms with E-state index in [1.165, 1.54) is 5.56 Å². The van der Waals surface area contributed by atoms with Crippen molar-refractivity contribution in [3.63, 3.8) is 0 Å². The lowest BCUT2D eigenvalue weighted by atomic mass is 10.2. The van der Waals surface area contributed by atoms with E-state index in [0.717, 1.165) is 13.0 Å². The predicted octanol–water partition coefficient (Wildman–Crippen LogP) is 1.32. The van der Waals surface area contributed by atoms with Crippen LogP contribution in [0.3, 0.4) is 0 Å². The molecule has 15 heavy (non-hydrogen) atoms. The highest BCUT2D eigenvalue weighted by Gasteiger charge is 2.24. The minimum Gasteiger partial charge on any atom is -0.374 e. The summed E-state index contributed by atoms with van der Waals surface area (Å²) in [6.07, 6.45) is 1.02. The molecule has 1 fully saturated rings. The van der Waals surface area contributed by atoms with Gasteiger partial charge in [-0.3, -0.25) is 0 Å². The van der Waals surface area contributed by atoms with Crippen LogP contribution in [-0.4, -0.2) is 25.4 Å². The number of hydrogen-bond donors (Lipinski definition) is 1. The fraction of sp³-hybridized carbons (Fsp3) is 0.500. The van der Waals surface area contributed by atoms with Crippen molar-refractivity contribution in [1.82, 2.24) is 0 Å². The van der Waals surface area contributed by atoms with E-state index in [1.807, 2.05) is 18.2 Å². The van der Waals surface area contributed by atoms with Crippen molar-refractivity contribution >= 4 is 0 Å². The molecule has 3 heteroatoms. The smallest absolute Gasteiger partial charge is 0.0959 e. The van der Waals surface area contributed by atoms with E-state index in [-0.39, 0.29) is 12.1 Å². The average Bonchev–Trinajstić information content (AvgIpc) is 2.66. The van der Waals surface area contributed by atoms with E-state index in [2.05, 4.69) is 12.1 Å². The van der Waals surface area contributed by atoms with E-state index in [9.17, 15) is 0 Å². The Kier molecular flexibility index (Phi) is 3.72. The lowest BCUT2D eigenvalue weighted by Gasteiger charge is -2.14. The monoisotopic (exact) mass is 207 g/mol. The molecule has 82 valence electrons. The van der Waals surface area contributed by atoms with Gasteiger partial charge in [-0.05, 0) is 12.0 Å². The summed E-state index contributed by atoms with van der Waals surface area (Å²) in [5.41, 5.74) is 7.04. The molecule has 0 amide bonds.